The zero-order valence-corrected chi connectivity index (χ0v) is 20.2. The maximum atomic E-state index is 10.8. The fourth-order valence-corrected chi connectivity index (χ4v) is 2.89. The van der Waals surface area contributed by atoms with Gasteiger partial charge in [0.25, 0.3) is 11.4 Å². The number of nitro benzene ring substituents is 2. The lowest BCUT2D eigenvalue weighted by Crippen LogP contribution is -2.38. The summed E-state index contributed by atoms with van der Waals surface area (Å²) in [6, 6.07) is 12.3. The number of ether oxygens (including phenoxy) is 4. The molecule has 0 aliphatic carbocycles. The number of para-hydroxylation sites is 4. The minimum Gasteiger partial charge on any atom is -0.338 e. The van der Waals surface area contributed by atoms with Crippen LogP contribution in [0.1, 0.15) is 29.7 Å². The maximum Gasteiger partial charge on any atom is 0.295 e. The van der Waals surface area contributed by atoms with E-state index in [1.165, 1.54) is 18.2 Å². The number of nitrogens with zero attached hydrogens (tertiary/aromatic N) is 3. The predicted molar refractivity (Wildman–Crippen MR) is 163 cm³/mol. The molecule has 14 nitrogen and oxygen atoms in total. The summed E-state index contributed by atoms with van der Waals surface area (Å²) in [4.78, 5) is 23.7. The van der Waals surface area contributed by atoms with Crippen molar-refractivity contribution in [2.45, 2.75) is 42.5 Å². The van der Waals surface area contributed by atoms with Gasteiger partial charge in [-0.05, 0) is 36.6 Å². The van der Waals surface area contributed by atoms with Gasteiger partial charge in [0.15, 0.2) is 10.8 Å². The van der Waals surface area contributed by atoms with Crippen LogP contribution in [0.4, 0.5) is 22.7 Å². The second-order valence-electron chi connectivity index (χ2n) is 6.51. The zero-order valence-electron chi connectivity index (χ0n) is 18.6. The normalized spacial score (nSPS) is 13.3. The van der Waals surface area contributed by atoms with Crippen molar-refractivity contribution in [3.63, 3.8) is 0 Å². The van der Waals surface area contributed by atoms with Crippen molar-refractivity contribution < 1.29 is 28.8 Å². The van der Waals surface area contributed by atoms with Gasteiger partial charge in [-0.1, -0.05) is 54.0 Å². The maximum absolute atomic E-state index is 10.8. The van der Waals surface area contributed by atoms with Gasteiger partial charge in [0.1, 0.15) is 5.69 Å². The molecule has 0 aromatic heterocycles. The summed E-state index contributed by atoms with van der Waals surface area (Å²) in [5.74, 6) is 0. The Morgan fingerprint density at radius 3 is 1.82 bits per heavy atom. The third kappa shape index (κ3) is 14.6. The van der Waals surface area contributed by atoms with Crippen LogP contribution in [-0.4, -0.2) is 59.4 Å². The van der Waals surface area contributed by atoms with Crippen LogP contribution in [0.25, 0.3) is 0 Å². The van der Waals surface area contributed by atoms with Gasteiger partial charge in [0, 0.05) is 12.1 Å². The number of isothiocyanates is 1. The zero-order chi connectivity index (χ0) is 26.3. The average Bonchev–Trinajstić information content (AvgIpc) is 3.54. The second-order valence-corrected chi connectivity index (χ2v) is 7.10. The molecular formula is C24H38N6O8S2. The van der Waals surface area contributed by atoms with Crippen molar-refractivity contribution in [1.29, 1.82) is 0 Å². The minimum absolute atomic E-state index is 0. The number of nitrogens with two attached hydrogens (primary N) is 1. The Morgan fingerprint density at radius 1 is 0.875 bits per heavy atom. The van der Waals surface area contributed by atoms with Crippen LogP contribution in [0, 0.1) is 20.2 Å². The molecule has 2 aliphatic rings. The molecule has 2 fully saturated rings. The van der Waals surface area contributed by atoms with E-state index in [4.69, 9.17) is 36.9 Å². The van der Waals surface area contributed by atoms with Gasteiger partial charge in [0.05, 0.1) is 41.4 Å². The average molecular weight is 603 g/mol. The molecule has 0 atom stereocenters. The molecule has 4 N–H and O–H groups in total. The number of aliphatic imine (C=N–C) groups is 1. The van der Waals surface area contributed by atoms with Gasteiger partial charge in [0.2, 0.25) is 12.8 Å². The Bertz CT molecular complexity index is 1070. The fourth-order valence-electron chi connectivity index (χ4n) is 2.58. The van der Waals surface area contributed by atoms with Crippen molar-refractivity contribution in [1.82, 2.24) is 5.32 Å². The quantitative estimate of drug-likeness (QED) is 0.172. The second kappa shape index (κ2) is 22.4. The summed E-state index contributed by atoms with van der Waals surface area (Å²) in [5, 5.41) is 29.0. The van der Waals surface area contributed by atoms with Crippen molar-refractivity contribution in [3.8, 4) is 0 Å². The lowest BCUT2D eigenvalue weighted by atomic mass is 10.3. The third-order valence-corrected chi connectivity index (χ3v) is 4.42. The number of anilines is 1. The molecule has 2 aromatic rings. The molecule has 4 rings (SSSR count). The molecule has 2 aliphatic heterocycles. The van der Waals surface area contributed by atoms with Crippen LogP contribution in [0.5, 0.6) is 0 Å². The lowest BCUT2D eigenvalue weighted by Gasteiger charge is -2.14. The lowest BCUT2D eigenvalue weighted by molar-refractivity contribution is -0.384. The Kier molecular flexibility index (Phi) is 22.9. The predicted octanol–water partition coefficient (Wildman–Crippen LogP) is 5.36. The van der Waals surface area contributed by atoms with Gasteiger partial charge in [-0.3, -0.25) is 26.0 Å². The molecule has 224 valence electrons. The van der Waals surface area contributed by atoms with E-state index < -0.39 is 22.7 Å². The summed E-state index contributed by atoms with van der Waals surface area (Å²) in [5.41, 5.74) is 5.53. The van der Waals surface area contributed by atoms with Gasteiger partial charge >= 0.3 is 0 Å². The van der Waals surface area contributed by atoms with Crippen LogP contribution < -0.4 is 16.4 Å². The Morgan fingerprint density at radius 2 is 1.35 bits per heavy atom. The molecule has 0 radical (unpaired) electrons. The highest BCUT2D eigenvalue weighted by Gasteiger charge is 2.18. The Hall–Kier alpha value is -3.47. The number of rotatable bonds is 5. The van der Waals surface area contributed by atoms with E-state index in [0.29, 0.717) is 32.1 Å². The number of nitro groups is 2. The standard InChI is InChI=1S/C10H11N3O4S.C7H4N2O2S.C3H7NO2.4CH4/c14-13(15)8-4-2-1-3-7(8)11-9(18)12-10-16-5-6-17-10;10-9(11)7-4-2-1-3-6(7)8-5-12;4-3-5-1-2-6-3;;;;/h1-4,10H,5-6H2,(H2,11,12,18);1-4H;3H,1-2,4H2;4*1H4. The highest BCUT2D eigenvalue weighted by atomic mass is 32.1. The molecule has 16 heteroatoms. The van der Waals surface area contributed by atoms with E-state index in [1.54, 1.807) is 30.3 Å². The minimum atomic E-state index is -0.604. The van der Waals surface area contributed by atoms with Gasteiger partial charge in [-0.25, -0.2) is 0 Å². The number of hydrogen-bond acceptors (Lipinski definition) is 12. The van der Waals surface area contributed by atoms with Crippen molar-refractivity contribution in [3.05, 3.63) is 68.8 Å². The molecule has 2 heterocycles. The third-order valence-electron chi connectivity index (χ3n) is 4.11. The van der Waals surface area contributed by atoms with E-state index in [1.807, 2.05) is 0 Å². The first-order valence-corrected chi connectivity index (χ1v) is 11.0. The van der Waals surface area contributed by atoms with E-state index in [2.05, 4.69) is 33.0 Å². The largest absolute Gasteiger partial charge is 0.338 e. The van der Waals surface area contributed by atoms with Gasteiger partial charge < -0.3 is 29.6 Å². The Balaban J connectivity index is -0.000000543. The number of benzene rings is 2. The summed E-state index contributed by atoms with van der Waals surface area (Å²) in [6.07, 6.45) is -1.06. The first-order chi connectivity index (χ1) is 17.3. The first-order valence-electron chi connectivity index (χ1n) is 10.2. The summed E-state index contributed by atoms with van der Waals surface area (Å²) in [7, 11) is 0. The van der Waals surface area contributed by atoms with Crippen LogP contribution in [0.15, 0.2) is 53.5 Å². The number of nitrogens with one attached hydrogen (secondary N) is 2. The van der Waals surface area contributed by atoms with Crippen LogP contribution in [0.3, 0.4) is 0 Å². The van der Waals surface area contributed by atoms with Crippen LogP contribution in [-0.2, 0) is 18.9 Å². The first kappa shape index (κ1) is 41.0. The summed E-state index contributed by atoms with van der Waals surface area (Å²) < 4.78 is 19.7. The summed E-state index contributed by atoms with van der Waals surface area (Å²) in [6.45, 7) is 2.26. The molecule has 0 amide bonds. The molecular weight excluding hydrogens is 564 g/mol. The molecule has 40 heavy (non-hydrogen) atoms. The van der Waals surface area contributed by atoms with E-state index in [0.717, 1.165) is 0 Å². The van der Waals surface area contributed by atoms with Crippen molar-refractivity contribution in [2.75, 3.05) is 31.7 Å². The molecule has 2 aromatic carbocycles. The molecule has 2 saturated heterocycles. The van der Waals surface area contributed by atoms with Crippen molar-refractivity contribution in [2.24, 2.45) is 10.7 Å². The van der Waals surface area contributed by atoms with E-state index in [-0.39, 0.29) is 51.9 Å². The van der Waals surface area contributed by atoms with Gasteiger partial charge in [-0.15, -0.1) is 0 Å². The SMILES string of the molecule is C.C.C.C.NC1OCCO1.O=[N+]([O-])c1ccccc1N=C=S.O=[N+]([O-])c1ccccc1NC(=S)NC1OCCO1. The summed E-state index contributed by atoms with van der Waals surface area (Å²) >= 11 is 9.35. The van der Waals surface area contributed by atoms with Crippen LogP contribution >= 0.6 is 24.4 Å². The molecule has 0 saturated carbocycles. The monoisotopic (exact) mass is 602 g/mol. The fraction of sp³-hybridized carbons (Fsp3) is 0.417. The van der Waals surface area contributed by atoms with Crippen LogP contribution in [0.2, 0.25) is 0 Å². The smallest absolute Gasteiger partial charge is 0.295 e. The topological polar surface area (TPSA) is 186 Å². The van der Waals surface area contributed by atoms with Crippen molar-refractivity contribution >= 4 is 57.5 Å². The Labute approximate surface area is 245 Å². The van der Waals surface area contributed by atoms with Gasteiger partial charge in [-0.2, -0.15) is 4.99 Å². The molecule has 0 spiro atoms. The van der Waals surface area contributed by atoms with E-state index >= 15 is 0 Å². The number of thiocarbonyl (C=S) groups is 2. The highest BCUT2D eigenvalue weighted by molar-refractivity contribution is 7.80. The van der Waals surface area contributed by atoms with E-state index in [9.17, 15) is 20.2 Å². The molecule has 0 unspecified atom stereocenters. The highest BCUT2D eigenvalue weighted by Crippen LogP contribution is 2.25. The number of hydrogen-bond donors (Lipinski definition) is 3. The molecule has 0 bridgehead atoms.